The van der Waals surface area contributed by atoms with Crippen LogP contribution in [-0.4, -0.2) is 44.3 Å². The van der Waals surface area contributed by atoms with Crippen LogP contribution in [0.3, 0.4) is 0 Å². The molecular weight excluding hydrogens is 248 g/mol. The molecule has 2 rings (SSSR count). The molecule has 2 atom stereocenters. The zero-order valence-corrected chi connectivity index (χ0v) is 13.0. The number of hydrogen-bond donors (Lipinski definition) is 1. The predicted molar refractivity (Wildman–Crippen MR) is 83.9 cm³/mol. The Balaban J connectivity index is 2.03. The van der Waals surface area contributed by atoms with Crippen molar-refractivity contribution in [1.29, 1.82) is 0 Å². The van der Waals surface area contributed by atoms with Gasteiger partial charge in [0.1, 0.15) is 0 Å². The molecule has 0 amide bonds. The topological polar surface area (TPSA) is 24.5 Å². The summed E-state index contributed by atoms with van der Waals surface area (Å²) in [6.07, 6.45) is 1.25. The second-order valence-electron chi connectivity index (χ2n) is 6.09. The largest absolute Gasteiger partial charge is 0.384 e. The quantitative estimate of drug-likeness (QED) is 0.828. The number of nitrogens with one attached hydrogen (secondary N) is 1. The van der Waals surface area contributed by atoms with Crippen molar-refractivity contribution in [1.82, 2.24) is 10.2 Å². The summed E-state index contributed by atoms with van der Waals surface area (Å²) in [6.45, 7) is 8.64. The first-order valence-corrected chi connectivity index (χ1v) is 7.72. The van der Waals surface area contributed by atoms with Gasteiger partial charge >= 0.3 is 0 Å². The van der Waals surface area contributed by atoms with E-state index in [0.29, 0.717) is 18.0 Å². The zero-order chi connectivity index (χ0) is 14.4. The molecule has 1 aromatic rings. The lowest BCUT2D eigenvalue weighted by atomic mass is 10.1. The normalized spacial score (nSPS) is 21.5. The summed E-state index contributed by atoms with van der Waals surface area (Å²) in [4.78, 5) is 2.61. The molecule has 0 radical (unpaired) electrons. The average molecular weight is 276 g/mol. The van der Waals surface area contributed by atoms with Gasteiger partial charge in [0.25, 0.3) is 0 Å². The third kappa shape index (κ3) is 4.30. The number of methoxy groups -OCH3 is 1. The molecule has 0 spiro atoms. The molecule has 20 heavy (non-hydrogen) atoms. The van der Waals surface area contributed by atoms with Gasteiger partial charge in [0.2, 0.25) is 0 Å². The van der Waals surface area contributed by atoms with Crippen LogP contribution in [0.5, 0.6) is 0 Å². The Hall–Kier alpha value is -0.900. The maximum absolute atomic E-state index is 5.32. The molecule has 2 unspecified atom stereocenters. The average Bonchev–Trinajstić information content (AvgIpc) is 2.89. The number of rotatable bonds is 7. The van der Waals surface area contributed by atoms with Gasteiger partial charge in [0.15, 0.2) is 0 Å². The van der Waals surface area contributed by atoms with Crippen molar-refractivity contribution in [3.63, 3.8) is 0 Å². The predicted octanol–water partition coefficient (Wildman–Crippen LogP) is 2.69. The fourth-order valence-electron chi connectivity index (χ4n) is 3.00. The fourth-order valence-corrected chi connectivity index (χ4v) is 3.00. The summed E-state index contributed by atoms with van der Waals surface area (Å²) < 4.78 is 5.32. The Morgan fingerprint density at radius 2 is 2.05 bits per heavy atom. The van der Waals surface area contributed by atoms with Crippen LogP contribution >= 0.6 is 0 Å². The zero-order valence-electron chi connectivity index (χ0n) is 13.0. The monoisotopic (exact) mass is 276 g/mol. The molecule has 1 aliphatic heterocycles. The number of ether oxygens (including phenoxy) is 1. The van der Waals surface area contributed by atoms with E-state index in [2.05, 4.69) is 54.4 Å². The Bertz CT molecular complexity index is 380. The van der Waals surface area contributed by atoms with Crippen LogP contribution in [0.4, 0.5) is 0 Å². The molecular formula is C17H28N2O. The molecule has 3 nitrogen and oxygen atoms in total. The second-order valence-corrected chi connectivity index (χ2v) is 6.09. The van der Waals surface area contributed by atoms with Crippen molar-refractivity contribution in [3.8, 4) is 0 Å². The fraction of sp³-hybridized carbons (Fsp3) is 0.647. The van der Waals surface area contributed by atoms with Crippen LogP contribution in [0.25, 0.3) is 0 Å². The molecule has 1 N–H and O–H groups in total. The van der Waals surface area contributed by atoms with Crippen LogP contribution in [0.2, 0.25) is 0 Å². The molecule has 0 aromatic heterocycles. The van der Waals surface area contributed by atoms with Gasteiger partial charge in [0, 0.05) is 32.3 Å². The van der Waals surface area contributed by atoms with Gasteiger partial charge in [-0.05, 0) is 24.4 Å². The second kappa shape index (κ2) is 7.77. The lowest BCUT2D eigenvalue weighted by Crippen LogP contribution is -2.37. The summed E-state index contributed by atoms with van der Waals surface area (Å²) >= 11 is 0. The molecule has 1 heterocycles. The number of hydrogen-bond acceptors (Lipinski definition) is 3. The summed E-state index contributed by atoms with van der Waals surface area (Å²) in [7, 11) is 1.80. The summed E-state index contributed by atoms with van der Waals surface area (Å²) in [5.74, 6) is 0.685. The van der Waals surface area contributed by atoms with Crippen molar-refractivity contribution in [2.45, 2.75) is 32.4 Å². The number of benzene rings is 1. The minimum absolute atomic E-state index is 0.473. The number of nitrogens with zero attached hydrogens (tertiary/aromatic N) is 1. The van der Waals surface area contributed by atoms with Crippen LogP contribution in [-0.2, 0) is 4.74 Å². The first-order chi connectivity index (χ1) is 9.70. The molecule has 1 aliphatic rings. The maximum atomic E-state index is 5.32. The highest BCUT2D eigenvalue weighted by Gasteiger charge is 2.28. The van der Waals surface area contributed by atoms with Gasteiger partial charge in [-0.1, -0.05) is 44.2 Å². The first kappa shape index (κ1) is 15.5. The lowest BCUT2D eigenvalue weighted by Gasteiger charge is -2.29. The minimum atomic E-state index is 0.473. The summed E-state index contributed by atoms with van der Waals surface area (Å²) in [5, 5.41) is 3.59. The molecule has 0 aliphatic carbocycles. The minimum Gasteiger partial charge on any atom is -0.384 e. The Kier molecular flexibility index (Phi) is 6.02. The molecule has 3 heteroatoms. The van der Waals surface area contributed by atoms with Gasteiger partial charge in [-0.3, -0.25) is 4.90 Å². The summed E-state index contributed by atoms with van der Waals surface area (Å²) in [6, 6.07) is 11.9. The highest BCUT2D eigenvalue weighted by Crippen LogP contribution is 2.27. The van der Waals surface area contributed by atoms with E-state index in [0.717, 1.165) is 19.7 Å². The summed E-state index contributed by atoms with van der Waals surface area (Å²) in [5.41, 5.74) is 1.42. The third-order valence-corrected chi connectivity index (χ3v) is 4.06. The molecule has 1 saturated heterocycles. The van der Waals surface area contributed by atoms with Crippen LogP contribution in [0.15, 0.2) is 30.3 Å². The van der Waals surface area contributed by atoms with E-state index in [9.17, 15) is 0 Å². The van der Waals surface area contributed by atoms with E-state index >= 15 is 0 Å². The molecule has 1 fully saturated rings. The highest BCUT2D eigenvalue weighted by molar-refractivity contribution is 5.20. The molecule has 112 valence electrons. The van der Waals surface area contributed by atoms with Gasteiger partial charge in [-0.2, -0.15) is 0 Å². The molecule has 1 aromatic carbocycles. The molecule has 0 saturated carbocycles. The highest BCUT2D eigenvalue weighted by atomic mass is 16.5. The van der Waals surface area contributed by atoms with Crippen molar-refractivity contribution in [3.05, 3.63) is 35.9 Å². The van der Waals surface area contributed by atoms with Crippen molar-refractivity contribution in [2.75, 3.05) is 33.4 Å². The van der Waals surface area contributed by atoms with Crippen molar-refractivity contribution < 1.29 is 4.74 Å². The Morgan fingerprint density at radius 3 is 2.70 bits per heavy atom. The Morgan fingerprint density at radius 1 is 1.30 bits per heavy atom. The van der Waals surface area contributed by atoms with E-state index < -0.39 is 0 Å². The van der Waals surface area contributed by atoms with Gasteiger partial charge in [-0.25, -0.2) is 0 Å². The maximum Gasteiger partial charge on any atom is 0.0503 e. The Labute approximate surface area is 123 Å². The van der Waals surface area contributed by atoms with E-state index in [1.54, 1.807) is 7.11 Å². The van der Waals surface area contributed by atoms with E-state index in [1.165, 1.54) is 18.5 Å². The van der Waals surface area contributed by atoms with Gasteiger partial charge in [-0.15, -0.1) is 0 Å². The smallest absolute Gasteiger partial charge is 0.0503 e. The molecule has 0 bridgehead atoms. The standard InChI is InChI=1S/C17H28N2O/c1-14(2)18-11-17(16-7-5-4-6-8-16)19-10-9-15(12-19)13-20-3/h4-8,14-15,17-18H,9-13H2,1-3H3. The van der Waals surface area contributed by atoms with Crippen LogP contribution in [0.1, 0.15) is 31.9 Å². The first-order valence-electron chi connectivity index (χ1n) is 7.72. The lowest BCUT2D eigenvalue weighted by molar-refractivity contribution is 0.146. The van der Waals surface area contributed by atoms with Gasteiger partial charge in [0.05, 0.1) is 6.61 Å². The van der Waals surface area contributed by atoms with E-state index in [-0.39, 0.29) is 0 Å². The third-order valence-electron chi connectivity index (χ3n) is 4.06. The van der Waals surface area contributed by atoms with E-state index in [1.807, 2.05) is 0 Å². The van der Waals surface area contributed by atoms with Gasteiger partial charge < -0.3 is 10.1 Å². The van der Waals surface area contributed by atoms with Crippen molar-refractivity contribution in [2.24, 2.45) is 5.92 Å². The van der Waals surface area contributed by atoms with Crippen LogP contribution in [0, 0.1) is 5.92 Å². The van der Waals surface area contributed by atoms with E-state index in [4.69, 9.17) is 4.74 Å². The van der Waals surface area contributed by atoms with Crippen LogP contribution < -0.4 is 5.32 Å². The van der Waals surface area contributed by atoms with Crippen molar-refractivity contribution >= 4 is 0 Å². The SMILES string of the molecule is COCC1CCN(C(CNC(C)C)c2ccccc2)C1. The number of likely N-dealkylation sites (tertiary alicyclic amines) is 1.